The van der Waals surface area contributed by atoms with Gasteiger partial charge in [0.1, 0.15) is 0 Å². The predicted octanol–water partition coefficient (Wildman–Crippen LogP) is 1.58. The van der Waals surface area contributed by atoms with E-state index in [9.17, 15) is 8.42 Å². The lowest BCUT2D eigenvalue weighted by atomic mass is 10.1. The fourth-order valence-electron chi connectivity index (χ4n) is 1.56. The molecule has 0 saturated heterocycles. The lowest BCUT2D eigenvalue weighted by Gasteiger charge is -2.11. The van der Waals surface area contributed by atoms with E-state index in [-0.39, 0.29) is 11.0 Å². The number of hydrogen-bond acceptors (Lipinski definition) is 4. The van der Waals surface area contributed by atoms with E-state index in [4.69, 9.17) is 0 Å². The summed E-state index contributed by atoms with van der Waals surface area (Å²) in [6.07, 6.45) is 1.97. The summed E-state index contributed by atoms with van der Waals surface area (Å²) in [7, 11) is -1.36. The molecule has 1 unspecified atom stereocenters. The smallest absolute Gasteiger partial charge is 0.215 e. The van der Waals surface area contributed by atoms with Crippen LogP contribution in [-0.2, 0) is 22.3 Å². The second-order valence-electron chi connectivity index (χ2n) is 4.50. The molecular formula is C13H22N2O2S2. The molecular weight excluding hydrogens is 280 g/mol. The largest absolute Gasteiger partial charge is 0.316 e. The molecule has 0 fully saturated rings. The predicted molar refractivity (Wildman–Crippen MR) is 82.8 cm³/mol. The van der Waals surface area contributed by atoms with E-state index in [0.29, 0.717) is 6.54 Å². The van der Waals surface area contributed by atoms with Crippen LogP contribution in [0.5, 0.6) is 0 Å². The molecule has 1 aromatic rings. The number of hydrogen-bond donors (Lipinski definition) is 2. The van der Waals surface area contributed by atoms with Crippen LogP contribution in [0.15, 0.2) is 24.3 Å². The van der Waals surface area contributed by atoms with E-state index in [1.807, 2.05) is 44.5 Å². The van der Waals surface area contributed by atoms with Gasteiger partial charge in [-0.2, -0.15) is 11.8 Å². The second-order valence-corrected chi connectivity index (χ2v) is 7.58. The first kappa shape index (κ1) is 16.5. The molecule has 108 valence electrons. The Bertz CT molecular complexity index is 472. The van der Waals surface area contributed by atoms with Gasteiger partial charge in [-0.05, 0) is 24.4 Å². The third-order valence-corrected chi connectivity index (χ3v) is 5.04. The summed E-state index contributed by atoms with van der Waals surface area (Å²) in [5, 5.41) is 3.34. The van der Waals surface area contributed by atoms with E-state index >= 15 is 0 Å². The first-order chi connectivity index (χ1) is 8.96. The molecule has 4 nitrogen and oxygen atoms in total. The Morgan fingerprint density at radius 1 is 1.21 bits per heavy atom. The van der Waals surface area contributed by atoms with Gasteiger partial charge in [-0.15, -0.1) is 0 Å². The molecule has 19 heavy (non-hydrogen) atoms. The topological polar surface area (TPSA) is 58.2 Å². The molecule has 0 amide bonds. The van der Waals surface area contributed by atoms with Gasteiger partial charge in [0, 0.05) is 18.3 Å². The number of rotatable bonds is 8. The van der Waals surface area contributed by atoms with Crippen molar-refractivity contribution in [3.8, 4) is 0 Å². The first-order valence-electron chi connectivity index (χ1n) is 6.19. The molecule has 1 atom stereocenters. The molecule has 1 rings (SSSR count). The fourth-order valence-corrected chi connectivity index (χ4v) is 3.15. The highest BCUT2D eigenvalue weighted by molar-refractivity contribution is 7.99. The molecule has 0 aromatic heterocycles. The van der Waals surface area contributed by atoms with Crippen molar-refractivity contribution in [1.29, 1.82) is 0 Å². The molecule has 0 spiro atoms. The van der Waals surface area contributed by atoms with E-state index in [1.165, 1.54) is 0 Å². The molecule has 0 saturated carbocycles. The first-order valence-corrected chi connectivity index (χ1v) is 9.13. The van der Waals surface area contributed by atoms with Crippen LogP contribution in [0.1, 0.15) is 18.1 Å². The minimum Gasteiger partial charge on any atom is -0.316 e. The maximum atomic E-state index is 11.9. The third-order valence-electron chi connectivity index (χ3n) is 2.75. The van der Waals surface area contributed by atoms with Crippen molar-refractivity contribution in [2.75, 3.05) is 19.8 Å². The molecule has 2 N–H and O–H groups in total. The molecule has 6 heteroatoms. The van der Waals surface area contributed by atoms with Gasteiger partial charge in [0.25, 0.3) is 0 Å². The van der Waals surface area contributed by atoms with Crippen LogP contribution in [-0.4, -0.2) is 33.5 Å². The molecule has 0 bridgehead atoms. The number of thioether (sulfide) groups is 1. The molecule has 0 aliphatic carbocycles. The summed E-state index contributed by atoms with van der Waals surface area (Å²) in [5.41, 5.74) is 1.96. The van der Waals surface area contributed by atoms with Gasteiger partial charge >= 0.3 is 0 Å². The van der Waals surface area contributed by atoms with Crippen LogP contribution >= 0.6 is 11.8 Å². The number of sulfonamides is 1. The van der Waals surface area contributed by atoms with E-state index < -0.39 is 10.0 Å². The van der Waals surface area contributed by atoms with Gasteiger partial charge < -0.3 is 5.32 Å². The van der Waals surface area contributed by atoms with Crippen molar-refractivity contribution in [3.05, 3.63) is 35.4 Å². The summed E-state index contributed by atoms with van der Waals surface area (Å²) in [6, 6.07) is 7.63. The van der Waals surface area contributed by atoms with E-state index in [0.717, 1.165) is 17.7 Å². The van der Waals surface area contributed by atoms with Gasteiger partial charge in [-0.3, -0.25) is 0 Å². The highest BCUT2D eigenvalue weighted by atomic mass is 32.2. The van der Waals surface area contributed by atoms with Crippen molar-refractivity contribution in [3.63, 3.8) is 0 Å². The summed E-state index contributed by atoms with van der Waals surface area (Å²) in [4.78, 5) is 0. The Hall–Kier alpha value is -0.560. The standard InChI is InChI=1S/C13H22N2O2S2/c1-11(18-3)8-15-19(16,17)10-13-6-4-12(5-7-13)9-14-2/h4-7,11,14-15H,8-10H2,1-3H3. The zero-order valence-corrected chi connectivity index (χ0v) is 13.3. The summed E-state index contributed by atoms with van der Waals surface area (Å²) in [5.74, 6) is 0.0356. The van der Waals surface area contributed by atoms with Crippen LogP contribution in [0, 0.1) is 0 Å². The third kappa shape index (κ3) is 6.42. The van der Waals surface area contributed by atoms with Crippen LogP contribution in [0.4, 0.5) is 0 Å². The van der Waals surface area contributed by atoms with E-state index in [1.54, 1.807) is 11.8 Å². The number of nitrogens with one attached hydrogen (secondary N) is 2. The SMILES string of the molecule is CNCc1ccc(CS(=O)(=O)NCC(C)SC)cc1. The Labute approximate surface area is 120 Å². The Morgan fingerprint density at radius 3 is 2.32 bits per heavy atom. The fraction of sp³-hybridized carbons (Fsp3) is 0.538. The van der Waals surface area contributed by atoms with Crippen molar-refractivity contribution in [2.45, 2.75) is 24.5 Å². The quantitative estimate of drug-likeness (QED) is 0.765. The van der Waals surface area contributed by atoms with Gasteiger partial charge in [0.2, 0.25) is 10.0 Å². The zero-order valence-electron chi connectivity index (χ0n) is 11.6. The molecule has 0 aliphatic heterocycles. The Balaban J connectivity index is 2.57. The lowest BCUT2D eigenvalue weighted by Crippen LogP contribution is -2.30. The monoisotopic (exact) mass is 302 g/mol. The van der Waals surface area contributed by atoms with Crippen LogP contribution in [0.25, 0.3) is 0 Å². The maximum Gasteiger partial charge on any atom is 0.215 e. The van der Waals surface area contributed by atoms with Gasteiger partial charge in [0.05, 0.1) is 5.75 Å². The highest BCUT2D eigenvalue weighted by Gasteiger charge is 2.12. The molecule has 0 radical (unpaired) electrons. The van der Waals surface area contributed by atoms with Gasteiger partial charge in [-0.1, -0.05) is 31.2 Å². The molecule has 0 aliphatic rings. The minimum absolute atomic E-state index is 0.0356. The van der Waals surface area contributed by atoms with E-state index in [2.05, 4.69) is 10.0 Å². The van der Waals surface area contributed by atoms with Crippen LogP contribution in [0.2, 0.25) is 0 Å². The normalized spacial score (nSPS) is 13.4. The average Bonchev–Trinajstić information content (AvgIpc) is 2.38. The van der Waals surface area contributed by atoms with Crippen LogP contribution in [0.3, 0.4) is 0 Å². The maximum absolute atomic E-state index is 11.9. The van der Waals surface area contributed by atoms with Gasteiger partial charge in [0.15, 0.2) is 0 Å². The molecule has 0 heterocycles. The molecule has 1 aromatic carbocycles. The van der Waals surface area contributed by atoms with Crippen molar-refractivity contribution in [2.24, 2.45) is 0 Å². The lowest BCUT2D eigenvalue weighted by molar-refractivity contribution is 0.580. The van der Waals surface area contributed by atoms with Crippen molar-refractivity contribution >= 4 is 21.8 Å². The van der Waals surface area contributed by atoms with Gasteiger partial charge in [-0.25, -0.2) is 13.1 Å². The highest BCUT2D eigenvalue weighted by Crippen LogP contribution is 2.09. The number of benzene rings is 1. The minimum atomic E-state index is -3.24. The van der Waals surface area contributed by atoms with Crippen LogP contribution < -0.4 is 10.0 Å². The Kier molecular flexibility index (Phi) is 6.85. The summed E-state index contributed by atoms with van der Waals surface area (Å²) in [6.45, 7) is 3.26. The zero-order chi connectivity index (χ0) is 14.3. The summed E-state index contributed by atoms with van der Waals surface area (Å²) >= 11 is 1.65. The average molecular weight is 302 g/mol. The van der Waals surface area contributed by atoms with Crippen molar-refractivity contribution < 1.29 is 8.42 Å². The second kappa shape index (κ2) is 7.89. The Morgan fingerprint density at radius 2 is 1.79 bits per heavy atom. The summed E-state index contributed by atoms with van der Waals surface area (Å²) < 4.78 is 26.4. The van der Waals surface area contributed by atoms with Crippen molar-refractivity contribution in [1.82, 2.24) is 10.0 Å².